The van der Waals surface area contributed by atoms with Gasteiger partial charge in [-0.2, -0.15) is 0 Å². The molecule has 0 amide bonds. The van der Waals surface area contributed by atoms with E-state index in [9.17, 15) is 14.4 Å². The van der Waals surface area contributed by atoms with E-state index < -0.39 is 24.2 Å². The largest absolute Gasteiger partial charge is 0.478 e. The van der Waals surface area contributed by atoms with Crippen LogP contribution in [0.2, 0.25) is 0 Å². The molecule has 1 atom stereocenters. The normalized spacial score (nSPS) is 16.2. The molecule has 0 bridgehead atoms. The van der Waals surface area contributed by atoms with Gasteiger partial charge in [-0.1, -0.05) is 29.8 Å². The van der Waals surface area contributed by atoms with Gasteiger partial charge in [0.1, 0.15) is 5.70 Å². The van der Waals surface area contributed by atoms with Crippen molar-refractivity contribution in [3.05, 3.63) is 76.5 Å². The maximum atomic E-state index is 12.2. The van der Waals surface area contributed by atoms with Gasteiger partial charge in [-0.05, 0) is 36.4 Å². The summed E-state index contributed by atoms with van der Waals surface area (Å²) in [5, 5.41) is 11.5. The van der Waals surface area contributed by atoms with Gasteiger partial charge in [0.05, 0.1) is 11.1 Å². The van der Waals surface area contributed by atoms with E-state index >= 15 is 0 Å². The van der Waals surface area contributed by atoms with Crippen LogP contribution in [-0.4, -0.2) is 29.3 Å². The number of nitrogens with one attached hydrogen (secondary N) is 1. The minimum Gasteiger partial charge on any atom is -0.478 e. The third-order valence-electron chi connectivity index (χ3n) is 3.50. The van der Waals surface area contributed by atoms with Gasteiger partial charge in [0, 0.05) is 5.69 Å². The molecule has 1 aliphatic rings. The van der Waals surface area contributed by atoms with Crippen LogP contribution in [0.1, 0.15) is 20.7 Å². The number of ether oxygens (including phenoxy) is 2. The van der Waals surface area contributed by atoms with Crippen molar-refractivity contribution >= 4 is 35.2 Å². The zero-order chi connectivity index (χ0) is 18.7. The summed E-state index contributed by atoms with van der Waals surface area (Å²) >= 11 is 5.94. The Morgan fingerprint density at radius 3 is 2.31 bits per heavy atom. The van der Waals surface area contributed by atoms with Crippen LogP contribution in [0, 0.1) is 0 Å². The van der Waals surface area contributed by atoms with Gasteiger partial charge in [0.15, 0.2) is 5.03 Å². The number of aromatic carboxylic acids is 1. The summed E-state index contributed by atoms with van der Waals surface area (Å²) in [4.78, 5) is 34.8. The summed E-state index contributed by atoms with van der Waals surface area (Å²) in [6.07, 6.45) is -1.33. The molecule has 0 aliphatic carbocycles. The van der Waals surface area contributed by atoms with E-state index in [0.29, 0.717) is 5.69 Å². The minimum atomic E-state index is -1.33. The fourth-order valence-corrected chi connectivity index (χ4v) is 2.39. The second-order valence-electron chi connectivity index (χ2n) is 5.24. The van der Waals surface area contributed by atoms with Crippen LogP contribution < -0.4 is 5.32 Å². The van der Waals surface area contributed by atoms with Gasteiger partial charge >= 0.3 is 17.9 Å². The summed E-state index contributed by atoms with van der Waals surface area (Å²) < 4.78 is 10.2. The number of hydrogen-bond acceptors (Lipinski definition) is 6. The molecule has 1 heterocycles. The lowest BCUT2D eigenvalue weighted by molar-refractivity contribution is -0.152. The zero-order valence-corrected chi connectivity index (χ0v) is 13.9. The van der Waals surface area contributed by atoms with E-state index in [1.807, 2.05) is 0 Å². The van der Waals surface area contributed by atoms with E-state index in [2.05, 4.69) is 5.32 Å². The molecule has 0 aromatic heterocycles. The predicted molar refractivity (Wildman–Crippen MR) is 91.6 cm³/mol. The number of anilines is 1. The highest BCUT2D eigenvalue weighted by Gasteiger charge is 2.36. The molecule has 1 aliphatic heterocycles. The summed E-state index contributed by atoms with van der Waals surface area (Å²) in [5.74, 6) is -2.58. The number of carboxylic acids is 1. The molecule has 0 unspecified atom stereocenters. The Balaban J connectivity index is 1.78. The van der Waals surface area contributed by atoms with Crippen molar-refractivity contribution in [2.24, 2.45) is 0 Å². The first-order chi connectivity index (χ1) is 12.5. The highest BCUT2D eigenvalue weighted by Crippen LogP contribution is 2.28. The number of cyclic esters (lactones) is 1. The molecule has 8 heteroatoms. The second kappa shape index (κ2) is 7.28. The van der Waals surface area contributed by atoms with E-state index in [1.165, 1.54) is 24.3 Å². The Hall–Kier alpha value is -3.32. The van der Waals surface area contributed by atoms with Crippen molar-refractivity contribution in [1.29, 1.82) is 0 Å². The molecule has 2 aromatic carbocycles. The molecule has 0 spiro atoms. The van der Waals surface area contributed by atoms with Crippen molar-refractivity contribution in [1.82, 2.24) is 0 Å². The highest BCUT2D eigenvalue weighted by molar-refractivity contribution is 6.42. The van der Waals surface area contributed by atoms with E-state index in [1.54, 1.807) is 30.3 Å². The molecule has 2 N–H and O–H groups in total. The van der Waals surface area contributed by atoms with Crippen LogP contribution in [-0.2, 0) is 14.3 Å². The van der Waals surface area contributed by atoms with Gasteiger partial charge in [-0.25, -0.2) is 14.4 Å². The predicted octanol–water partition coefficient (Wildman–Crippen LogP) is 2.99. The minimum absolute atomic E-state index is 0.0593. The molecule has 0 saturated heterocycles. The summed E-state index contributed by atoms with van der Waals surface area (Å²) in [6, 6.07) is 13.9. The topological polar surface area (TPSA) is 102 Å². The molecule has 132 valence electrons. The number of carboxylic acid groups (broad SMARTS) is 1. The Kier molecular flexibility index (Phi) is 4.90. The Morgan fingerprint density at radius 1 is 1.04 bits per heavy atom. The monoisotopic (exact) mass is 373 g/mol. The number of carbonyl (C=O) groups is 3. The number of carbonyl (C=O) groups excluding carboxylic acids is 2. The molecule has 0 saturated carbocycles. The van der Waals surface area contributed by atoms with Gasteiger partial charge < -0.3 is 19.9 Å². The standard InChI is InChI=1S/C18H12ClNO6/c19-13-14(20-12-8-6-10(7-9-12)15(21)22)18(26-17(13)24)25-16(23)11-4-2-1-3-5-11/h1-9,18,20H,(H,21,22)/t18-/m1/s1. The summed E-state index contributed by atoms with van der Waals surface area (Å²) in [7, 11) is 0. The molecule has 7 nitrogen and oxygen atoms in total. The molecule has 0 radical (unpaired) electrons. The first-order valence-electron chi connectivity index (χ1n) is 7.43. The smallest absolute Gasteiger partial charge is 0.355 e. The fourth-order valence-electron chi connectivity index (χ4n) is 2.21. The van der Waals surface area contributed by atoms with Crippen molar-refractivity contribution < 1.29 is 29.0 Å². The summed E-state index contributed by atoms with van der Waals surface area (Å²) in [5.41, 5.74) is 0.893. The second-order valence-corrected chi connectivity index (χ2v) is 5.62. The maximum Gasteiger partial charge on any atom is 0.355 e. The molecular formula is C18H12ClNO6. The van der Waals surface area contributed by atoms with E-state index in [4.69, 9.17) is 26.2 Å². The van der Waals surface area contributed by atoms with E-state index in [-0.39, 0.29) is 21.9 Å². The van der Waals surface area contributed by atoms with Gasteiger partial charge in [-0.15, -0.1) is 0 Å². The Bertz CT molecular complexity index is 892. The van der Waals surface area contributed by atoms with Crippen molar-refractivity contribution in [3.63, 3.8) is 0 Å². The number of esters is 2. The lowest BCUT2D eigenvalue weighted by Gasteiger charge is -2.16. The molecule has 0 fully saturated rings. The molecule has 2 aromatic rings. The Labute approximate surface area is 152 Å². The third-order valence-corrected chi connectivity index (χ3v) is 3.86. The summed E-state index contributed by atoms with van der Waals surface area (Å²) in [6.45, 7) is 0. The number of halogens is 1. The Morgan fingerprint density at radius 2 is 1.69 bits per heavy atom. The fraction of sp³-hybridized carbons (Fsp3) is 0.0556. The average Bonchev–Trinajstić information content (AvgIpc) is 2.90. The lowest BCUT2D eigenvalue weighted by atomic mass is 10.2. The quantitative estimate of drug-likeness (QED) is 0.777. The average molecular weight is 374 g/mol. The van der Waals surface area contributed by atoms with Crippen LogP contribution in [0.3, 0.4) is 0 Å². The van der Waals surface area contributed by atoms with Gasteiger partial charge in [-0.3, -0.25) is 0 Å². The number of rotatable bonds is 5. The molecule has 3 rings (SSSR count). The van der Waals surface area contributed by atoms with Gasteiger partial charge in [0.2, 0.25) is 0 Å². The molecular weight excluding hydrogens is 362 g/mol. The van der Waals surface area contributed by atoms with E-state index in [0.717, 1.165) is 0 Å². The van der Waals surface area contributed by atoms with Crippen LogP contribution in [0.25, 0.3) is 0 Å². The zero-order valence-electron chi connectivity index (χ0n) is 13.1. The first kappa shape index (κ1) is 17.5. The van der Waals surface area contributed by atoms with Crippen LogP contribution >= 0.6 is 11.6 Å². The van der Waals surface area contributed by atoms with Crippen LogP contribution in [0.15, 0.2) is 65.3 Å². The SMILES string of the molecule is O=C1O[C@@H](OC(=O)c2ccccc2)C(Nc2ccc(C(=O)O)cc2)=C1Cl. The van der Waals surface area contributed by atoms with Crippen LogP contribution in [0.4, 0.5) is 5.69 Å². The highest BCUT2D eigenvalue weighted by atomic mass is 35.5. The molecule has 26 heavy (non-hydrogen) atoms. The van der Waals surface area contributed by atoms with Crippen molar-refractivity contribution in [2.75, 3.05) is 5.32 Å². The third kappa shape index (κ3) is 3.68. The first-order valence-corrected chi connectivity index (χ1v) is 7.80. The van der Waals surface area contributed by atoms with Crippen molar-refractivity contribution in [2.45, 2.75) is 6.29 Å². The van der Waals surface area contributed by atoms with Crippen molar-refractivity contribution in [3.8, 4) is 0 Å². The lowest BCUT2D eigenvalue weighted by Crippen LogP contribution is -2.24. The van der Waals surface area contributed by atoms with Gasteiger partial charge in [0.25, 0.3) is 6.29 Å². The maximum absolute atomic E-state index is 12.2. The number of benzene rings is 2. The number of hydrogen-bond donors (Lipinski definition) is 2. The van der Waals surface area contributed by atoms with Crippen LogP contribution in [0.5, 0.6) is 0 Å².